The van der Waals surface area contributed by atoms with Crippen molar-refractivity contribution in [3.8, 4) is 5.75 Å². The molecule has 0 aromatic heterocycles. The Kier molecular flexibility index (Phi) is 6.66. The van der Waals surface area contributed by atoms with E-state index in [1.807, 2.05) is 18.2 Å². The van der Waals surface area contributed by atoms with Crippen molar-refractivity contribution < 1.29 is 14.3 Å². The lowest BCUT2D eigenvalue weighted by molar-refractivity contribution is 0.0949. The molecule has 1 aliphatic rings. The molecule has 1 fully saturated rings. The minimum atomic E-state index is -0.531. The van der Waals surface area contributed by atoms with Crippen molar-refractivity contribution in [1.82, 2.24) is 10.2 Å². The van der Waals surface area contributed by atoms with Crippen LogP contribution in [0.5, 0.6) is 5.75 Å². The van der Waals surface area contributed by atoms with Crippen molar-refractivity contribution in [3.63, 3.8) is 0 Å². The van der Waals surface area contributed by atoms with Gasteiger partial charge in [0.05, 0.1) is 5.56 Å². The summed E-state index contributed by atoms with van der Waals surface area (Å²) in [6.45, 7) is 2.05. The summed E-state index contributed by atoms with van der Waals surface area (Å²) in [7, 11) is 2.14. The molecule has 2 amide bonds. The van der Waals surface area contributed by atoms with E-state index in [1.54, 1.807) is 30.3 Å². The van der Waals surface area contributed by atoms with E-state index in [9.17, 15) is 9.59 Å². The van der Waals surface area contributed by atoms with E-state index in [-0.39, 0.29) is 12.5 Å². The van der Waals surface area contributed by atoms with E-state index in [0.717, 1.165) is 18.5 Å². The fraction of sp³-hybridized carbons (Fsp3) is 0.364. The summed E-state index contributed by atoms with van der Waals surface area (Å²) in [6.07, 6.45) is 3.40. The Bertz CT molecular complexity index is 837. The SMILES string of the molecule is CN1CCCC1CCNC(=O)c1cccc(COc2ccccc2C(N)=O)c1. The number of ether oxygens (including phenoxy) is 1. The van der Waals surface area contributed by atoms with E-state index < -0.39 is 5.91 Å². The number of carbonyl (C=O) groups is 2. The van der Waals surface area contributed by atoms with Gasteiger partial charge in [0.25, 0.3) is 11.8 Å². The van der Waals surface area contributed by atoms with Crippen LogP contribution in [0.15, 0.2) is 48.5 Å². The number of rotatable bonds is 8. The van der Waals surface area contributed by atoms with Gasteiger partial charge in [0.15, 0.2) is 0 Å². The van der Waals surface area contributed by atoms with Gasteiger partial charge in [-0.05, 0) is 62.7 Å². The molecule has 28 heavy (non-hydrogen) atoms. The van der Waals surface area contributed by atoms with Crippen molar-refractivity contribution in [2.45, 2.75) is 31.9 Å². The molecule has 1 heterocycles. The second kappa shape index (κ2) is 9.37. The summed E-state index contributed by atoms with van der Waals surface area (Å²) in [5.41, 5.74) is 7.16. The quantitative estimate of drug-likeness (QED) is 0.736. The molecule has 1 saturated heterocycles. The molecule has 1 atom stereocenters. The average molecular weight is 381 g/mol. The lowest BCUT2D eigenvalue weighted by Crippen LogP contribution is -2.31. The highest BCUT2D eigenvalue weighted by atomic mass is 16.5. The Morgan fingerprint density at radius 1 is 1.21 bits per heavy atom. The Morgan fingerprint density at radius 2 is 2.04 bits per heavy atom. The van der Waals surface area contributed by atoms with Gasteiger partial charge in [-0.25, -0.2) is 0 Å². The van der Waals surface area contributed by atoms with Crippen LogP contribution in [0.1, 0.15) is 45.5 Å². The Labute approximate surface area is 165 Å². The highest BCUT2D eigenvalue weighted by molar-refractivity contribution is 5.95. The number of nitrogens with one attached hydrogen (secondary N) is 1. The lowest BCUT2D eigenvalue weighted by atomic mass is 10.1. The highest BCUT2D eigenvalue weighted by Crippen LogP contribution is 2.19. The van der Waals surface area contributed by atoms with Gasteiger partial charge in [0.1, 0.15) is 12.4 Å². The van der Waals surface area contributed by atoms with E-state index in [0.29, 0.717) is 29.5 Å². The topological polar surface area (TPSA) is 84.7 Å². The predicted molar refractivity (Wildman–Crippen MR) is 108 cm³/mol. The maximum absolute atomic E-state index is 12.4. The fourth-order valence-corrected chi connectivity index (χ4v) is 3.56. The molecule has 1 unspecified atom stereocenters. The molecular weight excluding hydrogens is 354 g/mol. The Balaban J connectivity index is 1.55. The first kappa shape index (κ1) is 19.9. The number of hydrogen-bond acceptors (Lipinski definition) is 4. The molecule has 3 N–H and O–H groups in total. The van der Waals surface area contributed by atoms with Crippen LogP contribution in [-0.4, -0.2) is 42.9 Å². The standard InChI is InChI=1S/C22H27N3O3/c1-25-13-5-8-18(25)11-12-24-22(27)17-7-4-6-16(14-17)15-28-20-10-3-2-9-19(20)21(23)26/h2-4,6-7,9-10,14,18H,5,8,11-13,15H2,1H3,(H2,23,26)(H,24,27). The fourth-order valence-electron chi connectivity index (χ4n) is 3.56. The number of amides is 2. The van der Waals surface area contributed by atoms with Gasteiger partial charge < -0.3 is 20.7 Å². The lowest BCUT2D eigenvalue weighted by Gasteiger charge is -2.19. The molecule has 0 saturated carbocycles. The molecule has 0 bridgehead atoms. The largest absolute Gasteiger partial charge is 0.488 e. The van der Waals surface area contributed by atoms with Crippen LogP contribution in [0.3, 0.4) is 0 Å². The molecule has 0 radical (unpaired) electrons. The van der Waals surface area contributed by atoms with Gasteiger partial charge in [0.2, 0.25) is 0 Å². The zero-order valence-electron chi connectivity index (χ0n) is 16.2. The summed E-state index contributed by atoms with van der Waals surface area (Å²) in [5.74, 6) is -0.179. The van der Waals surface area contributed by atoms with Gasteiger partial charge in [0, 0.05) is 18.2 Å². The summed E-state index contributed by atoms with van der Waals surface area (Å²) >= 11 is 0. The molecule has 148 valence electrons. The number of primary amides is 1. The second-order valence-corrected chi connectivity index (χ2v) is 7.17. The number of benzene rings is 2. The Morgan fingerprint density at radius 3 is 2.79 bits per heavy atom. The van der Waals surface area contributed by atoms with Crippen LogP contribution in [0.25, 0.3) is 0 Å². The minimum Gasteiger partial charge on any atom is -0.488 e. The van der Waals surface area contributed by atoms with E-state index in [1.165, 1.54) is 12.8 Å². The van der Waals surface area contributed by atoms with Crippen LogP contribution < -0.4 is 15.8 Å². The van der Waals surface area contributed by atoms with Gasteiger partial charge >= 0.3 is 0 Å². The number of carbonyl (C=O) groups excluding carboxylic acids is 2. The predicted octanol–water partition coefficient (Wildman–Crippen LogP) is 2.58. The monoisotopic (exact) mass is 381 g/mol. The highest BCUT2D eigenvalue weighted by Gasteiger charge is 2.20. The number of likely N-dealkylation sites (tertiary alicyclic amines) is 1. The molecule has 2 aromatic rings. The van der Waals surface area contributed by atoms with Gasteiger partial charge in [-0.1, -0.05) is 24.3 Å². The molecule has 0 spiro atoms. The molecule has 6 nitrogen and oxygen atoms in total. The normalized spacial score (nSPS) is 16.7. The van der Waals surface area contributed by atoms with Gasteiger partial charge in [-0.15, -0.1) is 0 Å². The third-order valence-electron chi connectivity index (χ3n) is 5.17. The number of hydrogen-bond donors (Lipinski definition) is 2. The zero-order chi connectivity index (χ0) is 19.9. The smallest absolute Gasteiger partial charge is 0.252 e. The Hall–Kier alpha value is -2.86. The van der Waals surface area contributed by atoms with E-state index in [2.05, 4.69) is 17.3 Å². The van der Waals surface area contributed by atoms with Crippen molar-refractivity contribution >= 4 is 11.8 Å². The third kappa shape index (κ3) is 5.10. The number of nitrogens with two attached hydrogens (primary N) is 1. The summed E-state index contributed by atoms with van der Waals surface area (Å²) < 4.78 is 5.74. The van der Waals surface area contributed by atoms with E-state index >= 15 is 0 Å². The van der Waals surface area contributed by atoms with Crippen LogP contribution in [0.2, 0.25) is 0 Å². The molecule has 0 aliphatic carbocycles. The average Bonchev–Trinajstić information content (AvgIpc) is 3.11. The molecule has 1 aliphatic heterocycles. The first-order chi connectivity index (χ1) is 13.5. The minimum absolute atomic E-state index is 0.0833. The molecule has 6 heteroatoms. The summed E-state index contributed by atoms with van der Waals surface area (Å²) in [5, 5.41) is 3.00. The maximum atomic E-state index is 12.4. The van der Waals surface area contributed by atoms with Crippen molar-refractivity contribution in [2.75, 3.05) is 20.1 Å². The van der Waals surface area contributed by atoms with Gasteiger partial charge in [-0.2, -0.15) is 0 Å². The van der Waals surface area contributed by atoms with Crippen molar-refractivity contribution in [2.24, 2.45) is 5.73 Å². The maximum Gasteiger partial charge on any atom is 0.252 e. The zero-order valence-corrected chi connectivity index (χ0v) is 16.2. The molecule has 3 rings (SSSR count). The van der Waals surface area contributed by atoms with Crippen molar-refractivity contribution in [1.29, 1.82) is 0 Å². The molecule has 2 aromatic carbocycles. The van der Waals surface area contributed by atoms with Crippen LogP contribution in [0, 0.1) is 0 Å². The third-order valence-corrected chi connectivity index (χ3v) is 5.17. The van der Waals surface area contributed by atoms with Crippen LogP contribution in [-0.2, 0) is 6.61 Å². The first-order valence-electron chi connectivity index (χ1n) is 9.63. The van der Waals surface area contributed by atoms with Crippen LogP contribution >= 0.6 is 0 Å². The summed E-state index contributed by atoms with van der Waals surface area (Å²) in [6, 6.07) is 14.7. The van der Waals surface area contributed by atoms with Crippen molar-refractivity contribution in [3.05, 3.63) is 65.2 Å². The second-order valence-electron chi connectivity index (χ2n) is 7.17. The van der Waals surface area contributed by atoms with E-state index in [4.69, 9.17) is 10.5 Å². The number of nitrogens with zero attached hydrogens (tertiary/aromatic N) is 1. The molecular formula is C22H27N3O3. The first-order valence-corrected chi connectivity index (χ1v) is 9.63. The van der Waals surface area contributed by atoms with Crippen LogP contribution in [0.4, 0.5) is 0 Å². The van der Waals surface area contributed by atoms with Gasteiger partial charge in [-0.3, -0.25) is 9.59 Å². The summed E-state index contributed by atoms with van der Waals surface area (Å²) in [4.78, 5) is 26.3. The number of para-hydroxylation sites is 1.